The number of nitrogens with one attached hydrogen (secondary N) is 2. The summed E-state index contributed by atoms with van der Waals surface area (Å²) in [5.41, 5.74) is 2.28. The zero-order valence-electron chi connectivity index (χ0n) is 12.7. The first-order chi connectivity index (χ1) is 10.6. The van der Waals surface area contributed by atoms with Crippen LogP contribution in [0.1, 0.15) is 18.1 Å². The number of phenols is 1. The number of aryl methyl sites for hydroxylation is 1. The molecule has 0 heterocycles. The molecule has 0 aliphatic carbocycles. The van der Waals surface area contributed by atoms with Crippen molar-refractivity contribution in [1.29, 1.82) is 0 Å². The zero-order valence-corrected chi connectivity index (χ0v) is 12.7. The molecule has 0 aliphatic heterocycles. The summed E-state index contributed by atoms with van der Waals surface area (Å²) in [4.78, 5) is 11.8. The Bertz CT molecular complexity index is 639. The van der Waals surface area contributed by atoms with Gasteiger partial charge in [0.2, 0.25) is 0 Å². The van der Waals surface area contributed by atoms with Gasteiger partial charge in [-0.25, -0.2) is 4.79 Å². The molecule has 2 aromatic rings. The minimum absolute atomic E-state index is 0.0521. The van der Waals surface area contributed by atoms with Crippen molar-refractivity contribution >= 4 is 11.7 Å². The van der Waals surface area contributed by atoms with E-state index >= 15 is 0 Å². The van der Waals surface area contributed by atoms with E-state index in [1.54, 1.807) is 12.1 Å². The van der Waals surface area contributed by atoms with Crippen LogP contribution in [0.5, 0.6) is 11.5 Å². The Kier molecular flexibility index (Phi) is 5.25. The van der Waals surface area contributed by atoms with E-state index in [1.807, 2.05) is 44.2 Å². The van der Waals surface area contributed by atoms with Crippen molar-refractivity contribution in [1.82, 2.24) is 5.32 Å². The van der Waals surface area contributed by atoms with Crippen LogP contribution < -0.4 is 15.4 Å². The number of anilines is 1. The second-order valence-electron chi connectivity index (χ2n) is 4.91. The van der Waals surface area contributed by atoms with Gasteiger partial charge in [-0.1, -0.05) is 18.2 Å². The number of urea groups is 1. The molecule has 0 aliphatic rings. The molecule has 5 heteroatoms. The quantitative estimate of drug-likeness (QED) is 0.741. The van der Waals surface area contributed by atoms with E-state index in [9.17, 15) is 9.90 Å². The lowest BCUT2D eigenvalue weighted by atomic mass is 10.2. The molecule has 0 fully saturated rings. The first-order valence-electron chi connectivity index (χ1n) is 7.14. The van der Waals surface area contributed by atoms with E-state index in [2.05, 4.69) is 10.6 Å². The van der Waals surface area contributed by atoms with Crippen LogP contribution >= 0.6 is 0 Å². The van der Waals surface area contributed by atoms with Crippen LogP contribution in [0.4, 0.5) is 10.5 Å². The van der Waals surface area contributed by atoms with Gasteiger partial charge in [-0.3, -0.25) is 0 Å². The molecule has 0 bridgehead atoms. The number of benzene rings is 2. The second kappa shape index (κ2) is 7.36. The highest BCUT2D eigenvalue weighted by Gasteiger charge is 2.06. The summed E-state index contributed by atoms with van der Waals surface area (Å²) in [6, 6.07) is 12.2. The normalized spacial score (nSPS) is 10.1. The standard InChI is InChI=1S/C17H20N2O3/c1-3-22-14-7-5-13(6-8-14)11-18-17(21)19-15-9-4-12(2)10-16(15)20/h4-10,20H,3,11H2,1-2H3,(H2,18,19,21). The maximum atomic E-state index is 11.8. The Morgan fingerprint density at radius 1 is 1.18 bits per heavy atom. The number of ether oxygens (including phenoxy) is 1. The Labute approximate surface area is 129 Å². The van der Waals surface area contributed by atoms with Gasteiger partial charge in [0.05, 0.1) is 12.3 Å². The summed E-state index contributed by atoms with van der Waals surface area (Å²) < 4.78 is 5.36. The van der Waals surface area contributed by atoms with Crippen LogP contribution in [0, 0.1) is 6.92 Å². The van der Waals surface area contributed by atoms with Crippen molar-refractivity contribution in [3.63, 3.8) is 0 Å². The van der Waals surface area contributed by atoms with Gasteiger partial charge in [0.25, 0.3) is 0 Å². The van der Waals surface area contributed by atoms with Crippen molar-refractivity contribution in [3.8, 4) is 11.5 Å². The van der Waals surface area contributed by atoms with Crippen LogP contribution in [-0.2, 0) is 6.54 Å². The second-order valence-corrected chi connectivity index (χ2v) is 4.91. The highest BCUT2D eigenvalue weighted by atomic mass is 16.5. The van der Waals surface area contributed by atoms with E-state index in [0.29, 0.717) is 18.8 Å². The molecule has 0 aromatic heterocycles. The summed E-state index contributed by atoms with van der Waals surface area (Å²) in [5.74, 6) is 0.858. The lowest BCUT2D eigenvalue weighted by molar-refractivity contribution is 0.251. The number of hydrogen-bond acceptors (Lipinski definition) is 3. The summed E-state index contributed by atoms with van der Waals surface area (Å²) in [7, 11) is 0. The number of phenolic OH excluding ortho intramolecular Hbond substituents is 1. The number of amides is 2. The molecule has 2 rings (SSSR count). The molecule has 116 valence electrons. The lowest BCUT2D eigenvalue weighted by Crippen LogP contribution is -2.28. The van der Waals surface area contributed by atoms with Crippen molar-refractivity contribution in [3.05, 3.63) is 53.6 Å². The minimum atomic E-state index is -0.368. The first kappa shape index (κ1) is 15.7. The van der Waals surface area contributed by atoms with E-state index in [4.69, 9.17) is 4.74 Å². The maximum Gasteiger partial charge on any atom is 0.319 e. The molecule has 3 N–H and O–H groups in total. The summed E-state index contributed by atoms with van der Waals surface area (Å²) in [5, 5.41) is 15.1. The fraction of sp³-hybridized carbons (Fsp3) is 0.235. The first-order valence-corrected chi connectivity index (χ1v) is 7.14. The van der Waals surface area contributed by atoms with Crippen LogP contribution in [0.15, 0.2) is 42.5 Å². The molecule has 0 spiro atoms. The number of carbonyl (C=O) groups is 1. The molecule has 2 amide bonds. The van der Waals surface area contributed by atoms with Gasteiger partial charge >= 0.3 is 6.03 Å². The summed E-state index contributed by atoms with van der Waals surface area (Å²) >= 11 is 0. The van der Waals surface area contributed by atoms with Crippen molar-refractivity contribution in [2.24, 2.45) is 0 Å². The fourth-order valence-electron chi connectivity index (χ4n) is 1.97. The molecule has 0 unspecified atom stereocenters. The van der Waals surface area contributed by atoms with E-state index in [0.717, 1.165) is 16.9 Å². The van der Waals surface area contributed by atoms with Crippen LogP contribution in [0.2, 0.25) is 0 Å². The van der Waals surface area contributed by atoms with Crippen molar-refractivity contribution < 1.29 is 14.6 Å². The van der Waals surface area contributed by atoms with Crippen molar-refractivity contribution in [2.45, 2.75) is 20.4 Å². The van der Waals surface area contributed by atoms with Gasteiger partial charge in [-0.2, -0.15) is 0 Å². The summed E-state index contributed by atoms with van der Waals surface area (Å²) in [6.07, 6.45) is 0. The highest BCUT2D eigenvalue weighted by molar-refractivity contribution is 5.90. The molecule has 5 nitrogen and oxygen atoms in total. The average Bonchev–Trinajstić information content (AvgIpc) is 2.50. The average molecular weight is 300 g/mol. The number of carbonyl (C=O) groups excluding carboxylic acids is 1. The van der Waals surface area contributed by atoms with Crippen LogP contribution in [0.25, 0.3) is 0 Å². The molecule has 22 heavy (non-hydrogen) atoms. The molecule has 0 atom stereocenters. The number of hydrogen-bond donors (Lipinski definition) is 3. The van der Waals surface area contributed by atoms with Gasteiger partial charge in [0.1, 0.15) is 11.5 Å². The van der Waals surface area contributed by atoms with E-state index in [1.165, 1.54) is 0 Å². The van der Waals surface area contributed by atoms with E-state index < -0.39 is 0 Å². The Morgan fingerprint density at radius 3 is 2.55 bits per heavy atom. The van der Waals surface area contributed by atoms with Gasteiger partial charge in [-0.05, 0) is 49.2 Å². The van der Waals surface area contributed by atoms with Gasteiger partial charge in [0, 0.05) is 6.54 Å². The zero-order chi connectivity index (χ0) is 15.9. The van der Waals surface area contributed by atoms with Crippen LogP contribution in [0.3, 0.4) is 0 Å². The largest absolute Gasteiger partial charge is 0.506 e. The smallest absolute Gasteiger partial charge is 0.319 e. The monoisotopic (exact) mass is 300 g/mol. The molecular weight excluding hydrogens is 280 g/mol. The topological polar surface area (TPSA) is 70.6 Å². The van der Waals surface area contributed by atoms with Crippen molar-refractivity contribution in [2.75, 3.05) is 11.9 Å². The summed E-state index contributed by atoms with van der Waals surface area (Å²) in [6.45, 7) is 4.82. The molecule has 2 aromatic carbocycles. The Hall–Kier alpha value is -2.69. The lowest BCUT2D eigenvalue weighted by Gasteiger charge is -2.10. The third kappa shape index (κ3) is 4.41. The minimum Gasteiger partial charge on any atom is -0.506 e. The predicted molar refractivity (Wildman–Crippen MR) is 86.3 cm³/mol. The predicted octanol–water partition coefficient (Wildman–Crippen LogP) is 3.42. The third-order valence-corrected chi connectivity index (χ3v) is 3.09. The molecular formula is C17H20N2O3. The SMILES string of the molecule is CCOc1ccc(CNC(=O)Nc2ccc(C)cc2O)cc1. The van der Waals surface area contributed by atoms with Gasteiger partial charge < -0.3 is 20.5 Å². The Morgan fingerprint density at radius 2 is 1.91 bits per heavy atom. The highest BCUT2D eigenvalue weighted by Crippen LogP contribution is 2.23. The van der Waals surface area contributed by atoms with Crippen LogP contribution in [-0.4, -0.2) is 17.7 Å². The van der Waals surface area contributed by atoms with Gasteiger partial charge in [-0.15, -0.1) is 0 Å². The molecule has 0 saturated heterocycles. The third-order valence-electron chi connectivity index (χ3n) is 3.09. The number of aromatic hydroxyl groups is 1. The van der Waals surface area contributed by atoms with Gasteiger partial charge in [0.15, 0.2) is 0 Å². The molecule has 0 radical (unpaired) electrons. The number of rotatable bonds is 5. The Balaban J connectivity index is 1.87. The maximum absolute atomic E-state index is 11.8. The fourth-order valence-corrected chi connectivity index (χ4v) is 1.97. The molecule has 0 saturated carbocycles. The van der Waals surface area contributed by atoms with E-state index in [-0.39, 0.29) is 11.8 Å².